The lowest BCUT2D eigenvalue weighted by Gasteiger charge is -2.28. The fourth-order valence-corrected chi connectivity index (χ4v) is 3.13. The van der Waals surface area contributed by atoms with E-state index in [0.717, 1.165) is 18.8 Å². The van der Waals surface area contributed by atoms with Crippen molar-refractivity contribution in [2.24, 2.45) is 0 Å². The highest BCUT2D eigenvalue weighted by Crippen LogP contribution is 2.19. The van der Waals surface area contributed by atoms with Crippen molar-refractivity contribution in [3.05, 3.63) is 60.6 Å². The van der Waals surface area contributed by atoms with E-state index in [2.05, 4.69) is 15.2 Å². The summed E-state index contributed by atoms with van der Waals surface area (Å²) in [6.07, 6.45) is 2.41. The van der Waals surface area contributed by atoms with Crippen molar-refractivity contribution < 1.29 is 19.1 Å². The van der Waals surface area contributed by atoms with Crippen molar-refractivity contribution in [1.82, 2.24) is 9.38 Å². The highest BCUT2D eigenvalue weighted by atomic mass is 16.5. The predicted molar refractivity (Wildman–Crippen MR) is 108 cm³/mol. The van der Waals surface area contributed by atoms with Gasteiger partial charge in [0.15, 0.2) is 11.8 Å². The topological polar surface area (TPSA) is 85.2 Å². The molecule has 8 nitrogen and oxygen atoms in total. The Morgan fingerprint density at radius 3 is 2.62 bits per heavy atom. The van der Waals surface area contributed by atoms with E-state index < -0.39 is 18.0 Å². The fraction of sp³-hybridized carbons (Fsp3) is 0.286. The van der Waals surface area contributed by atoms with Gasteiger partial charge in [0.1, 0.15) is 5.65 Å². The largest absolute Gasteiger partial charge is 0.448 e. The van der Waals surface area contributed by atoms with Crippen molar-refractivity contribution in [1.29, 1.82) is 0 Å². The summed E-state index contributed by atoms with van der Waals surface area (Å²) in [6.45, 7) is 4.66. The van der Waals surface area contributed by atoms with Gasteiger partial charge < -0.3 is 24.1 Å². The van der Waals surface area contributed by atoms with Gasteiger partial charge in [-0.25, -0.2) is 9.78 Å². The first-order valence-corrected chi connectivity index (χ1v) is 9.48. The van der Waals surface area contributed by atoms with Crippen LogP contribution < -0.4 is 10.2 Å². The summed E-state index contributed by atoms with van der Waals surface area (Å²) in [7, 11) is 0. The quantitative estimate of drug-likeness (QED) is 0.669. The van der Waals surface area contributed by atoms with Crippen LogP contribution in [0.5, 0.6) is 0 Å². The van der Waals surface area contributed by atoms with Crippen LogP contribution >= 0.6 is 0 Å². The van der Waals surface area contributed by atoms with Gasteiger partial charge in [0.05, 0.1) is 13.2 Å². The molecule has 0 spiro atoms. The Morgan fingerprint density at radius 2 is 1.90 bits per heavy atom. The van der Waals surface area contributed by atoms with Crippen LogP contribution in [0.3, 0.4) is 0 Å². The van der Waals surface area contributed by atoms with E-state index in [1.165, 1.54) is 6.92 Å². The van der Waals surface area contributed by atoms with Crippen molar-refractivity contribution in [3.8, 4) is 0 Å². The molecule has 8 heteroatoms. The molecule has 1 atom stereocenters. The van der Waals surface area contributed by atoms with Gasteiger partial charge in [-0.15, -0.1) is 0 Å². The molecule has 1 N–H and O–H groups in total. The van der Waals surface area contributed by atoms with E-state index in [-0.39, 0.29) is 5.69 Å². The van der Waals surface area contributed by atoms with Gasteiger partial charge in [-0.2, -0.15) is 0 Å². The lowest BCUT2D eigenvalue weighted by Crippen LogP contribution is -2.36. The van der Waals surface area contributed by atoms with Crippen LogP contribution in [0, 0.1) is 0 Å². The smallest absolute Gasteiger partial charge is 0.359 e. The number of esters is 1. The standard InChI is InChI=1S/C21H22N4O4/c1-15(29-21(27)18-14-25-9-3-2-4-19(25)23-18)20(26)22-16-5-7-17(8-6-16)24-10-12-28-13-11-24/h2-9,14-15H,10-13H2,1H3,(H,22,26)/t15-/m0/s1. The molecule has 0 saturated carbocycles. The number of imidazole rings is 1. The molecule has 1 saturated heterocycles. The van der Waals surface area contributed by atoms with Gasteiger partial charge >= 0.3 is 5.97 Å². The second-order valence-electron chi connectivity index (χ2n) is 6.78. The average molecular weight is 394 g/mol. The van der Waals surface area contributed by atoms with Crippen LogP contribution in [0.2, 0.25) is 0 Å². The molecule has 2 aromatic heterocycles. The van der Waals surface area contributed by atoms with Crippen LogP contribution in [0.1, 0.15) is 17.4 Å². The van der Waals surface area contributed by atoms with Crippen molar-refractivity contribution in [2.45, 2.75) is 13.0 Å². The van der Waals surface area contributed by atoms with Gasteiger partial charge in [-0.05, 0) is 43.3 Å². The summed E-state index contributed by atoms with van der Waals surface area (Å²) >= 11 is 0. The van der Waals surface area contributed by atoms with E-state index in [4.69, 9.17) is 9.47 Å². The zero-order valence-electron chi connectivity index (χ0n) is 16.1. The summed E-state index contributed by atoms with van der Waals surface area (Å²) in [5.41, 5.74) is 2.52. The first-order valence-electron chi connectivity index (χ1n) is 9.48. The van der Waals surface area contributed by atoms with E-state index in [0.29, 0.717) is 24.5 Å². The summed E-state index contributed by atoms with van der Waals surface area (Å²) in [5, 5.41) is 2.77. The van der Waals surface area contributed by atoms with Crippen LogP contribution in [0.4, 0.5) is 11.4 Å². The number of carbonyl (C=O) groups excluding carboxylic acids is 2. The molecule has 1 aliphatic rings. The Hall–Kier alpha value is -3.39. The van der Waals surface area contributed by atoms with Crippen molar-refractivity contribution >= 4 is 28.9 Å². The van der Waals surface area contributed by atoms with Crippen LogP contribution in [-0.2, 0) is 14.3 Å². The average Bonchev–Trinajstić information content (AvgIpc) is 3.19. The third kappa shape index (κ3) is 4.38. The highest BCUT2D eigenvalue weighted by molar-refractivity contribution is 5.97. The number of amides is 1. The number of rotatable bonds is 5. The van der Waals surface area contributed by atoms with Crippen LogP contribution in [0.15, 0.2) is 54.9 Å². The molecular formula is C21H22N4O4. The fourth-order valence-electron chi connectivity index (χ4n) is 3.13. The molecule has 3 heterocycles. The summed E-state index contributed by atoms with van der Waals surface area (Å²) in [6, 6.07) is 13.0. The zero-order valence-corrected chi connectivity index (χ0v) is 16.1. The molecule has 29 heavy (non-hydrogen) atoms. The van der Waals surface area contributed by atoms with Gasteiger partial charge in [0.25, 0.3) is 5.91 Å². The molecular weight excluding hydrogens is 372 g/mol. The number of pyridine rings is 1. The molecule has 1 aliphatic heterocycles. The minimum absolute atomic E-state index is 0.158. The SMILES string of the molecule is C[C@H](OC(=O)c1cn2ccccc2n1)C(=O)Nc1ccc(N2CCOCC2)cc1. The first-order chi connectivity index (χ1) is 14.1. The van der Waals surface area contributed by atoms with Crippen molar-refractivity contribution in [2.75, 3.05) is 36.5 Å². The molecule has 0 radical (unpaired) electrons. The first kappa shape index (κ1) is 18.9. The molecule has 1 aromatic carbocycles. The molecule has 1 amide bonds. The Balaban J connectivity index is 1.34. The van der Waals surface area contributed by atoms with Crippen LogP contribution in [0.25, 0.3) is 5.65 Å². The van der Waals surface area contributed by atoms with Gasteiger partial charge in [0.2, 0.25) is 0 Å². The predicted octanol–water partition coefficient (Wildman–Crippen LogP) is 2.35. The Morgan fingerprint density at radius 1 is 1.14 bits per heavy atom. The van der Waals surface area contributed by atoms with E-state index in [1.807, 2.05) is 36.4 Å². The van der Waals surface area contributed by atoms with E-state index >= 15 is 0 Å². The van der Waals surface area contributed by atoms with Gasteiger partial charge in [0, 0.05) is 36.9 Å². The molecule has 0 bridgehead atoms. The number of aromatic nitrogens is 2. The molecule has 1 fully saturated rings. The third-order valence-corrected chi connectivity index (χ3v) is 4.74. The number of nitrogens with zero attached hydrogens (tertiary/aromatic N) is 3. The number of anilines is 2. The molecule has 150 valence electrons. The Kier molecular flexibility index (Phi) is 5.44. The number of nitrogens with one attached hydrogen (secondary N) is 1. The number of hydrogen-bond acceptors (Lipinski definition) is 6. The second-order valence-corrected chi connectivity index (χ2v) is 6.78. The number of hydrogen-bond donors (Lipinski definition) is 1. The number of fused-ring (bicyclic) bond motifs is 1. The van der Waals surface area contributed by atoms with E-state index in [1.54, 1.807) is 22.9 Å². The summed E-state index contributed by atoms with van der Waals surface area (Å²) < 4.78 is 12.3. The maximum Gasteiger partial charge on any atom is 0.359 e. The minimum atomic E-state index is -0.953. The maximum atomic E-state index is 12.4. The van der Waals surface area contributed by atoms with Crippen LogP contribution in [-0.4, -0.2) is 53.7 Å². The van der Waals surface area contributed by atoms with Gasteiger partial charge in [-0.1, -0.05) is 6.07 Å². The number of ether oxygens (including phenoxy) is 2. The molecule has 0 aliphatic carbocycles. The molecule has 3 aromatic rings. The maximum absolute atomic E-state index is 12.4. The van der Waals surface area contributed by atoms with E-state index in [9.17, 15) is 9.59 Å². The summed E-state index contributed by atoms with van der Waals surface area (Å²) in [4.78, 5) is 31.1. The third-order valence-electron chi connectivity index (χ3n) is 4.74. The zero-order chi connectivity index (χ0) is 20.2. The normalized spacial score (nSPS) is 15.1. The Bertz CT molecular complexity index is 976. The monoisotopic (exact) mass is 394 g/mol. The number of carbonyl (C=O) groups is 2. The molecule has 4 rings (SSSR count). The lowest BCUT2D eigenvalue weighted by molar-refractivity contribution is -0.123. The number of morpholine rings is 1. The van der Waals surface area contributed by atoms with Gasteiger partial charge in [-0.3, -0.25) is 4.79 Å². The number of benzene rings is 1. The second kappa shape index (κ2) is 8.32. The summed E-state index contributed by atoms with van der Waals surface area (Å²) in [5.74, 6) is -1.04. The Labute approximate surface area is 168 Å². The molecule has 0 unspecified atom stereocenters. The highest BCUT2D eigenvalue weighted by Gasteiger charge is 2.21. The minimum Gasteiger partial charge on any atom is -0.448 e. The lowest BCUT2D eigenvalue weighted by atomic mass is 10.2. The van der Waals surface area contributed by atoms with Crippen molar-refractivity contribution in [3.63, 3.8) is 0 Å².